The minimum Gasteiger partial charge on any atom is -0.384 e. The first-order valence-corrected chi connectivity index (χ1v) is 3.68. The van der Waals surface area contributed by atoms with E-state index in [2.05, 4.69) is 9.97 Å². The Morgan fingerprint density at radius 2 is 2.17 bits per heavy atom. The number of hydrogen-bond acceptors (Lipinski definition) is 4. The zero-order valence-corrected chi connectivity index (χ0v) is 7.07. The summed E-state index contributed by atoms with van der Waals surface area (Å²) in [6.07, 6.45) is 0. The van der Waals surface area contributed by atoms with Crippen LogP contribution in [0.4, 0.5) is 5.82 Å². The van der Waals surface area contributed by atoms with E-state index < -0.39 is 0 Å². The molecule has 0 aliphatic rings. The first-order chi connectivity index (χ1) is 5.63. The molecule has 0 saturated heterocycles. The van der Waals surface area contributed by atoms with E-state index in [4.69, 9.17) is 11.0 Å². The average molecular weight is 162 g/mol. The smallest absolute Gasteiger partial charge is 0.146 e. The van der Waals surface area contributed by atoms with Crippen LogP contribution in [0.15, 0.2) is 6.07 Å². The van der Waals surface area contributed by atoms with E-state index in [1.54, 1.807) is 0 Å². The zero-order chi connectivity index (χ0) is 9.14. The van der Waals surface area contributed by atoms with Gasteiger partial charge in [0.1, 0.15) is 23.4 Å². The summed E-state index contributed by atoms with van der Waals surface area (Å²) >= 11 is 0. The van der Waals surface area contributed by atoms with Crippen LogP contribution >= 0.6 is 0 Å². The van der Waals surface area contributed by atoms with Crippen LogP contribution in [-0.4, -0.2) is 9.97 Å². The fourth-order valence-electron chi connectivity index (χ4n) is 0.801. The van der Waals surface area contributed by atoms with E-state index in [0.717, 1.165) is 0 Å². The second kappa shape index (κ2) is 3.18. The number of rotatable bonds is 1. The van der Waals surface area contributed by atoms with E-state index in [9.17, 15) is 0 Å². The van der Waals surface area contributed by atoms with Crippen LogP contribution in [0.3, 0.4) is 0 Å². The summed E-state index contributed by atoms with van der Waals surface area (Å²) < 4.78 is 0. The summed E-state index contributed by atoms with van der Waals surface area (Å²) in [6.45, 7) is 3.91. The molecular weight excluding hydrogens is 152 g/mol. The fraction of sp³-hybridized carbons (Fsp3) is 0.375. The Labute approximate surface area is 71.1 Å². The van der Waals surface area contributed by atoms with Crippen LogP contribution < -0.4 is 5.73 Å². The van der Waals surface area contributed by atoms with Crippen molar-refractivity contribution in [3.63, 3.8) is 0 Å². The largest absolute Gasteiger partial charge is 0.384 e. The molecule has 2 N–H and O–H groups in total. The Morgan fingerprint density at radius 3 is 2.67 bits per heavy atom. The van der Waals surface area contributed by atoms with Crippen LogP contribution in [0, 0.1) is 11.3 Å². The standard InChI is InChI=1S/C8H10N4/c1-5(2)8-11-6(4-9)3-7(10)12-8/h3,5H,1-2H3,(H2,10,11,12). The van der Waals surface area contributed by atoms with Crippen molar-refractivity contribution >= 4 is 5.82 Å². The van der Waals surface area contributed by atoms with Crippen molar-refractivity contribution in [2.75, 3.05) is 5.73 Å². The minimum atomic E-state index is 0.195. The summed E-state index contributed by atoms with van der Waals surface area (Å²) in [5.74, 6) is 1.16. The van der Waals surface area contributed by atoms with E-state index in [0.29, 0.717) is 17.3 Å². The second-order valence-electron chi connectivity index (χ2n) is 2.80. The van der Waals surface area contributed by atoms with Gasteiger partial charge in [-0.2, -0.15) is 5.26 Å². The Hall–Kier alpha value is -1.63. The van der Waals surface area contributed by atoms with Gasteiger partial charge < -0.3 is 5.73 Å². The highest BCUT2D eigenvalue weighted by Gasteiger charge is 2.05. The number of nitriles is 1. The molecule has 0 spiro atoms. The molecule has 1 aromatic heterocycles. The van der Waals surface area contributed by atoms with E-state index >= 15 is 0 Å². The number of nitrogens with two attached hydrogens (primary N) is 1. The van der Waals surface area contributed by atoms with Crippen molar-refractivity contribution < 1.29 is 0 Å². The molecule has 0 bridgehead atoms. The average Bonchev–Trinajstić information content (AvgIpc) is 2.03. The molecule has 0 aliphatic carbocycles. The molecule has 0 amide bonds. The van der Waals surface area contributed by atoms with Gasteiger partial charge in [-0.3, -0.25) is 0 Å². The number of hydrogen-bond donors (Lipinski definition) is 1. The minimum absolute atomic E-state index is 0.195. The van der Waals surface area contributed by atoms with Crippen LogP contribution in [0.25, 0.3) is 0 Å². The highest BCUT2D eigenvalue weighted by Crippen LogP contribution is 2.10. The second-order valence-corrected chi connectivity index (χ2v) is 2.80. The third-order valence-electron chi connectivity index (χ3n) is 1.39. The van der Waals surface area contributed by atoms with Gasteiger partial charge in [-0.25, -0.2) is 9.97 Å². The van der Waals surface area contributed by atoms with Gasteiger partial charge in [0.2, 0.25) is 0 Å². The van der Waals surface area contributed by atoms with Crippen molar-refractivity contribution in [2.45, 2.75) is 19.8 Å². The molecule has 0 atom stereocenters. The maximum Gasteiger partial charge on any atom is 0.146 e. The molecular formula is C8H10N4. The number of nitrogen functional groups attached to an aromatic ring is 1. The Bertz CT molecular complexity index is 324. The molecule has 1 aromatic rings. The van der Waals surface area contributed by atoms with Crippen LogP contribution in [0.5, 0.6) is 0 Å². The van der Waals surface area contributed by atoms with Gasteiger partial charge in [0.05, 0.1) is 0 Å². The van der Waals surface area contributed by atoms with Crippen molar-refractivity contribution in [2.24, 2.45) is 0 Å². The van der Waals surface area contributed by atoms with Gasteiger partial charge in [-0.15, -0.1) is 0 Å². The van der Waals surface area contributed by atoms with E-state index in [1.807, 2.05) is 19.9 Å². The molecule has 4 nitrogen and oxygen atoms in total. The lowest BCUT2D eigenvalue weighted by Crippen LogP contribution is -2.02. The van der Waals surface area contributed by atoms with Gasteiger partial charge in [0, 0.05) is 12.0 Å². The normalized spacial score (nSPS) is 9.83. The number of anilines is 1. The summed E-state index contributed by atoms with van der Waals surface area (Å²) in [4.78, 5) is 8.00. The summed E-state index contributed by atoms with van der Waals surface area (Å²) in [6, 6.07) is 3.40. The van der Waals surface area contributed by atoms with Crippen LogP contribution in [-0.2, 0) is 0 Å². The Kier molecular flexibility index (Phi) is 2.24. The van der Waals surface area contributed by atoms with Crippen molar-refractivity contribution in [3.8, 4) is 6.07 Å². The maximum absolute atomic E-state index is 8.57. The summed E-state index contributed by atoms with van der Waals surface area (Å²) in [5.41, 5.74) is 5.80. The molecule has 0 aromatic carbocycles. The monoisotopic (exact) mass is 162 g/mol. The lowest BCUT2D eigenvalue weighted by Gasteiger charge is -2.03. The van der Waals surface area contributed by atoms with Crippen molar-refractivity contribution in [1.82, 2.24) is 9.97 Å². The topological polar surface area (TPSA) is 75.6 Å². The Balaban J connectivity index is 3.17. The third-order valence-corrected chi connectivity index (χ3v) is 1.39. The molecule has 4 heteroatoms. The van der Waals surface area contributed by atoms with E-state index in [-0.39, 0.29) is 5.92 Å². The quantitative estimate of drug-likeness (QED) is 0.669. The molecule has 0 unspecified atom stereocenters. The molecule has 12 heavy (non-hydrogen) atoms. The predicted molar refractivity (Wildman–Crippen MR) is 45.2 cm³/mol. The van der Waals surface area contributed by atoms with Crippen molar-refractivity contribution in [3.05, 3.63) is 17.6 Å². The molecule has 1 rings (SSSR count). The van der Waals surface area contributed by atoms with Gasteiger partial charge >= 0.3 is 0 Å². The predicted octanol–water partition coefficient (Wildman–Crippen LogP) is 1.05. The van der Waals surface area contributed by atoms with Crippen molar-refractivity contribution in [1.29, 1.82) is 5.26 Å². The first kappa shape index (κ1) is 8.47. The van der Waals surface area contributed by atoms with E-state index in [1.165, 1.54) is 6.07 Å². The van der Waals surface area contributed by atoms with Crippen LogP contribution in [0.2, 0.25) is 0 Å². The molecule has 0 fully saturated rings. The molecule has 1 heterocycles. The lowest BCUT2D eigenvalue weighted by atomic mass is 10.2. The molecule has 0 saturated carbocycles. The van der Waals surface area contributed by atoms with Gasteiger partial charge in [-0.1, -0.05) is 13.8 Å². The highest BCUT2D eigenvalue weighted by molar-refractivity contribution is 5.35. The van der Waals surface area contributed by atoms with Gasteiger partial charge in [-0.05, 0) is 0 Å². The third kappa shape index (κ3) is 1.70. The lowest BCUT2D eigenvalue weighted by molar-refractivity contribution is 0.774. The van der Waals surface area contributed by atoms with Crippen LogP contribution in [0.1, 0.15) is 31.3 Å². The Morgan fingerprint density at radius 1 is 1.50 bits per heavy atom. The zero-order valence-electron chi connectivity index (χ0n) is 7.07. The highest BCUT2D eigenvalue weighted by atomic mass is 14.9. The fourth-order valence-corrected chi connectivity index (χ4v) is 0.801. The summed E-state index contributed by atoms with van der Waals surface area (Å²) in [7, 11) is 0. The molecule has 0 aliphatic heterocycles. The number of aromatic nitrogens is 2. The van der Waals surface area contributed by atoms with Gasteiger partial charge in [0.25, 0.3) is 0 Å². The maximum atomic E-state index is 8.57. The molecule has 0 radical (unpaired) electrons. The first-order valence-electron chi connectivity index (χ1n) is 3.68. The number of nitrogens with zero attached hydrogens (tertiary/aromatic N) is 3. The summed E-state index contributed by atoms with van der Waals surface area (Å²) in [5, 5.41) is 8.57. The van der Waals surface area contributed by atoms with Gasteiger partial charge in [0.15, 0.2) is 0 Å². The molecule has 62 valence electrons. The SMILES string of the molecule is CC(C)c1nc(N)cc(C#N)n1.